The van der Waals surface area contributed by atoms with Crippen LogP contribution in [0.25, 0.3) is 5.78 Å². The fourth-order valence-corrected chi connectivity index (χ4v) is 4.33. The maximum atomic E-state index is 13.8. The average Bonchev–Trinajstić information content (AvgIpc) is 3.27. The normalized spacial score (nSPS) is 11.4. The van der Waals surface area contributed by atoms with Crippen molar-refractivity contribution in [1.82, 2.24) is 19.7 Å². The quantitative estimate of drug-likeness (QED) is 0.431. The molecule has 0 atom stereocenters. The Kier molecular flexibility index (Phi) is 5.87. The summed E-state index contributed by atoms with van der Waals surface area (Å²) in [5.41, 5.74) is 1.08. The molecule has 0 radical (unpaired) electrons. The van der Waals surface area contributed by atoms with Crippen LogP contribution in [0.5, 0.6) is 5.75 Å². The van der Waals surface area contributed by atoms with Crippen molar-refractivity contribution in [2.75, 3.05) is 6.61 Å². The molecule has 0 fully saturated rings. The second kappa shape index (κ2) is 8.75. The highest BCUT2D eigenvalue weighted by atomic mass is 32.2. The molecule has 2 aromatic heterocycles. The molecule has 1 N–H and O–H groups in total. The minimum atomic E-state index is -3.85. The van der Waals surface area contributed by atoms with E-state index < -0.39 is 15.7 Å². The van der Waals surface area contributed by atoms with Crippen molar-refractivity contribution in [3.63, 3.8) is 0 Å². The zero-order valence-electron chi connectivity index (χ0n) is 17.0. The summed E-state index contributed by atoms with van der Waals surface area (Å²) in [6, 6.07) is 9.55. The lowest BCUT2D eigenvalue weighted by Crippen LogP contribution is -2.23. The van der Waals surface area contributed by atoms with Gasteiger partial charge < -0.3 is 10.1 Å². The molecule has 4 aromatic rings. The van der Waals surface area contributed by atoms with Crippen molar-refractivity contribution >= 4 is 21.5 Å². The molecule has 8 nitrogen and oxygen atoms in total. The molecule has 2 aromatic carbocycles. The molecule has 1 amide bonds. The molecular weight excluding hydrogens is 435 g/mol. The number of carbonyl (C=O) groups is 1. The van der Waals surface area contributed by atoms with Gasteiger partial charge in [-0.05, 0) is 36.8 Å². The maximum Gasteiger partial charge on any atom is 0.254 e. The van der Waals surface area contributed by atoms with Crippen LogP contribution in [0.15, 0.2) is 77.0 Å². The molecule has 0 spiro atoms. The Labute approximate surface area is 183 Å². The summed E-state index contributed by atoms with van der Waals surface area (Å²) in [5, 5.41) is 2.77. The molecule has 0 aliphatic heterocycles. The molecule has 0 unspecified atom stereocenters. The van der Waals surface area contributed by atoms with Crippen LogP contribution in [-0.4, -0.2) is 35.3 Å². The number of rotatable bonds is 7. The number of imidazole rings is 1. The minimum Gasteiger partial charge on any atom is -0.491 e. The topological polar surface area (TPSA) is 103 Å². The first-order valence-corrected chi connectivity index (χ1v) is 11.2. The summed E-state index contributed by atoms with van der Waals surface area (Å²) in [6.07, 6.45) is 6.34. The lowest BCUT2D eigenvalue weighted by atomic mass is 10.2. The first-order valence-electron chi connectivity index (χ1n) is 9.72. The van der Waals surface area contributed by atoms with Crippen molar-refractivity contribution in [3.05, 3.63) is 84.2 Å². The summed E-state index contributed by atoms with van der Waals surface area (Å²) in [4.78, 5) is 20.5. The first kappa shape index (κ1) is 21.4. The van der Waals surface area contributed by atoms with Crippen LogP contribution in [0, 0.1) is 5.82 Å². The lowest BCUT2D eigenvalue weighted by Gasteiger charge is -2.10. The summed E-state index contributed by atoms with van der Waals surface area (Å²) in [6.45, 7) is 2.10. The highest BCUT2D eigenvalue weighted by Crippen LogP contribution is 2.26. The van der Waals surface area contributed by atoms with E-state index in [1.54, 1.807) is 42.0 Å². The second-order valence-corrected chi connectivity index (χ2v) is 8.78. The molecule has 0 saturated carbocycles. The minimum absolute atomic E-state index is 0.0522. The molecule has 10 heteroatoms. The van der Waals surface area contributed by atoms with Crippen LogP contribution in [0.2, 0.25) is 0 Å². The van der Waals surface area contributed by atoms with Crippen molar-refractivity contribution in [1.29, 1.82) is 0 Å². The van der Waals surface area contributed by atoms with E-state index in [-0.39, 0.29) is 34.6 Å². The van der Waals surface area contributed by atoms with Gasteiger partial charge in [0.2, 0.25) is 15.6 Å². The van der Waals surface area contributed by atoms with Crippen molar-refractivity contribution < 1.29 is 22.3 Å². The molecular formula is C22H19FN4O4S. The van der Waals surface area contributed by atoms with Gasteiger partial charge in [-0.3, -0.25) is 9.20 Å². The van der Waals surface area contributed by atoms with Gasteiger partial charge in [0, 0.05) is 37.4 Å². The predicted molar refractivity (Wildman–Crippen MR) is 114 cm³/mol. The van der Waals surface area contributed by atoms with Crippen LogP contribution in [0.3, 0.4) is 0 Å². The molecule has 164 valence electrons. The summed E-state index contributed by atoms with van der Waals surface area (Å²) >= 11 is 0. The monoisotopic (exact) mass is 454 g/mol. The van der Waals surface area contributed by atoms with Gasteiger partial charge >= 0.3 is 0 Å². The first-order chi connectivity index (χ1) is 15.4. The van der Waals surface area contributed by atoms with Gasteiger partial charge in [0.15, 0.2) is 11.6 Å². The lowest BCUT2D eigenvalue weighted by molar-refractivity contribution is 0.0950. The van der Waals surface area contributed by atoms with Crippen molar-refractivity contribution in [2.24, 2.45) is 0 Å². The van der Waals surface area contributed by atoms with E-state index in [9.17, 15) is 17.6 Å². The van der Waals surface area contributed by atoms with Crippen LogP contribution in [0.1, 0.15) is 22.8 Å². The number of nitrogens with zero attached hydrogens (tertiary/aromatic N) is 3. The van der Waals surface area contributed by atoms with E-state index in [2.05, 4.69) is 15.3 Å². The Hall–Kier alpha value is -3.79. The van der Waals surface area contributed by atoms with Crippen molar-refractivity contribution in [2.45, 2.75) is 23.3 Å². The molecule has 0 bridgehead atoms. The van der Waals surface area contributed by atoms with Crippen molar-refractivity contribution in [3.8, 4) is 5.75 Å². The number of sulfone groups is 1. The number of ether oxygens (including phenoxy) is 1. The van der Waals surface area contributed by atoms with Gasteiger partial charge in [-0.15, -0.1) is 0 Å². The number of fused-ring (bicyclic) bond motifs is 1. The average molecular weight is 454 g/mol. The maximum absolute atomic E-state index is 13.8. The number of benzene rings is 2. The number of nitrogens with one attached hydrogen (secondary N) is 1. The van der Waals surface area contributed by atoms with Gasteiger partial charge in [0.1, 0.15) is 0 Å². The molecule has 0 aliphatic rings. The Morgan fingerprint density at radius 1 is 1.12 bits per heavy atom. The summed E-state index contributed by atoms with van der Waals surface area (Å²) in [7, 11) is -3.85. The Balaban J connectivity index is 1.46. The molecule has 0 aliphatic carbocycles. The van der Waals surface area contributed by atoms with Crippen LogP contribution >= 0.6 is 0 Å². The smallest absolute Gasteiger partial charge is 0.254 e. The Morgan fingerprint density at radius 3 is 2.62 bits per heavy atom. The van der Waals surface area contributed by atoms with E-state index >= 15 is 0 Å². The van der Waals surface area contributed by atoms with E-state index in [1.165, 1.54) is 30.5 Å². The Bertz CT molecular complexity index is 1380. The summed E-state index contributed by atoms with van der Waals surface area (Å²) in [5.74, 6) is -0.567. The number of hydrogen-bond acceptors (Lipinski definition) is 6. The number of carbonyl (C=O) groups excluding carboxylic acids is 1. The third-order valence-electron chi connectivity index (χ3n) is 4.71. The zero-order valence-corrected chi connectivity index (χ0v) is 17.8. The van der Waals surface area contributed by atoms with Gasteiger partial charge in [-0.25, -0.2) is 22.8 Å². The molecule has 32 heavy (non-hydrogen) atoms. The molecule has 4 rings (SSSR count). The standard InChI is InChI=1S/C22H19FN4O4S/c1-2-31-20-11-18(7-8-19(20)23)32(29,30)17-5-3-15(4-6-17)12-25-21(28)16-13-26-22-24-9-10-27(22)14-16/h3-11,13-14H,2,12H2,1H3,(H,25,28). The number of aromatic nitrogens is 3. The fraction of sp³-hybridized carbons (Fsp3) is 0.136. The van der Waals surface area contributed by atoms with Gasteiger partial charge in [-0.2, -0.15) is 0 Å². The van der Waals surface area contributed by atoms with Crippen LogP contribution in [-0.2, 0) is 16.4 Å². The van der Waals surface area contributed by atoms with Crippen LogP contribution in [0.4, 0.5) is 4.39 Å². The number of amides is 1. The zero-order chi connectivity index (χ0) is 22.7. The Morgan fingerprint density at radius 2 is 1.88 bits per heavy atom. The van der Waals surface area contributed by atoms with Gasteiger partial charge in [-0.1, -0.05) is 12.1 Å². The number of hydrogen-bond donors (Lipinski definition) is 1. The largest absolute Gasteiger partial charge is 0.491 e. The third-order valence-corrected chi connectivity index (χ3v) is 6.47. The van der Waals surface area contributed by atoms with E-state index in [1.807, 2.05) is 0 Å². The summed E-state index contributed by atoms with van der Waals surface area (Å²) < 4.78 is 46.3. The van der Waals surface area contributed by atoms with E-state index in [0.29, 0.717) is 16.9 Å². The predicted octanol–water partition coefficient (Wildman–Crippen LogP) is 3.03. The third kappa shape index (κ3) is 4.30. The highest BCUT2D eigenvalue weighted by molar-refractivity contribution is 7.91. The molecule has 0 saturated heterocycles. The van der Waals surface area contributed by atoms with Gasteiger partial charge in [0.05, 0.1) is 22.0 Å². The SMILES string of the molecule is CCOc1cc(S(=O)(=O)c2ccc(CNC(=O)c3cnc4nccn4c3)cc2)ccc1F. The van der Waals surface area contributed by atoms with E-state index in [4.69, 9.17) is 4.74 Å². The van der Waals surface area contributed by atoms with Crippen LogP contribution < -0.4 is 10.1 Å². The fourth-order valence-electron chi connectivity index (χ4n) is 3.06. The molecule has 2 heterocycles. The van der Waals surface area contributed by atoms with Gasteiger partial charge in [0.25, 0.3) is 5.91 Å². The van der Waals surface area contributed by atoms with E-state index in [0.717, 1.165) is 6.07 Å². The number of halogens is 1. The highest BCUT2D eigenvalue weighted by Gasteiger charge is 2.20. The second-order valence-electron chi connectivity index (χ2n) is 6.83.